The van der Waals surface area contributed by atoms with E-state index in [1.165, 1.54) is 0 Å². The van der Waals surface area contributed by atoms with Gasteiger partial charge in [0.15, 0.2) is 6.23 Å². The van der Waals surface area contributed by atoms with Crippen molar-refractivity contribution < 1.29 is 4.74 Å². The summed E-state index contributed by atoms with van der Waals surface area (Å²) in [5.74, 6) is 0. The predicted molar refractivity (Wildman–Crippen MR) is 34.5 cm³/mol. The number of nitrogens with zero attached hydrogens (tertiary/aromatic N) is 2. The van der Waals surface area contributed by atoms with Gasteiger partial charge in [-0.15, -0.1) is 0 Å². The molecule has 0 amide bonds. The number of hydrogen-bond donors (Lipinski definition) is 0. The highest BCUT2D eigenvalue weighted by atomic mass is 16.5. The predicted octanol–water partition coefficient (Wildman–Crippen LogP) is 0.782. The van der Waals surface area contributed by atoms with Crippen LogP contribution in [-0.2, 0) is 4.74 Å². The summed E-state index contributed by atoms with van der Waals surface area (Å²) in [6, 6.07) is 0. The van der Waals surface area contributed by atoms with Crippen LogP contribution in [0.4, 0.5) is 0 Å². The third-order valence-electron chi connectivity index (χ3n) is 1.11. The van der Waals surface area contributed by atoms with Gasteiger partial charge in [0, 0.05) is 0 Å². The molecule has 3 nitrogen and oxygen atoms in total. The standard InChI is InChI=1S/C6H12N2O/c1-4-6(8(2)3)9-5-7/h6H,4H2,1-3H3. The van der Waals surface area contributed by atoms with E-state index in [0.717, 1.165) is 6.42 Å². The highest BCUT2D eigenvalue weighted by Crippen LogP contribution is 1.98. The summed E-state index contributed by atoms with van der Waals surface area (Å²) in [6.45, 7) is 1.97. The molecule has 0 aromatic carbocycles. The van der Waals surface area contributed by atoms with Gasteiger partial charge in [-0.25, -0.2) is 0 Å². The van der Waals surface area contributed by atoms with Crippen molar-refractivity contribution in [3.8, 4) is 6.26 Å². The van der Waals surface area contributed by atoms with Crippen molar-refractivity contribution in [1.29, 1.82) is 5.26 Å². The fraction of sp³-hybridized carbons (Fsp3) is 0.833. The van der Waals surface area contributed by atoms with Crippen LogP contribution in [0.1, 0.15) is 13.3 Å². The molecule has 52 valence electrons. The van der Waals surface area contributed by atoms with Gasteiger partial charge in [0.2, 0.25) is 0 Å². The Balaban J connectivity index is 3.57. The zero-order chi connectivity index (χ0) is 7.28. The van der Waals surface area contributed by atoms with Crippen LogP contribution in [0, 0.1) is 11.5 Å². The number of nitriles is 1. The third kappa shape index (κ3) is 2.94. The van der Waals surface area contributed by atoms with Crippen molar-refractivity contribution in [2.45, 2.75) is 19.6 Å². The first kappa shape index (κ1) is 8.25. The van der Waals surface area contributed by atoms with Crippen LogP contribution in [0.25, 0.3) is 0 Å². The minimum Gasteiger partial charge on any atom is -0.408 e. The molecule has 0 N–H and O–H groups in total. The minimum atomic E-state index is -0.0602. The summed E-state index contributed by atoms with van der Waals surface area (Å²) in [4.78, 5) is 1.86. The molecule has 0 heterocycles. The first-order valence-electron chi connectivity index (χ1n) is 2.93. The summed E-state index contributed by atoms with van der Waals surface area (Å²) in [6.07, 6.45) is 2.43. The topological polar surface area (TPSA) is 36.3 Å². The van der Waals surface area contributed by atoms with E-state index in [2.05, 4.69) is 4.74 Å². The van der Waals surface area contributed by atoms with Crippen LogP contribution in [0.15, 0.2) is 0 Å². The van der Waals surface area contributed by atoms with Gasteiger partial charge in [0.05, 0.1) is 0 Å². The number of hydrogen-bond acceptors (Lipinski definition) is 3. The summed E-state index contributed by atoms with van der Waals surface area (Å²) in [7, 11) is 3.76. The SMILES string of the molecule is CCC(OC#N)N(C)C. The Morgan fingerprint density at radius 2 is 2.22 bits per heavy atom. The molecule has 9 heavy (non-hydrogen) atoms. The zero-order valence-corrected chi connectivity index (χ0v) is 6.09. The highest BCUT2D eigenvalue weighted by Gasteiger charge is 2.07. The van der Waals surface area contributed by atoms with E-state index in [-0.39, 0.29) is 6.23 Å². The van der Waals surface area contributed by atoms with Crippen LogP contribution in [-0.4, -0.2) is 25.2 Å². The maximum atomic E-state index is 8.12. The molecule has 0 aliphatic carbocycles. The van der Waals surface area contributed by atoms with E-state index < -0.39 is 0 Å². The van der Waals surface area contributed by atoms with Crippen molar-refractivity contribution in [1.82, 2.24) is 4.90 Å². The lowest BCUT2D eigenvalue weighted by atomic mass is 10.4. The van der Waals surface area contributed by atoms with Crippen LogP contribution >= 0.6 is 0 Å². The van der Waals surface area contributed by atoms with Crippen LogP contribution in [0.3, 0.4) is 0 Å². The van der Waals surface area contributed by atoms with Gasteiger partial charge in [-0.3, -0.25) is 4.90 Å². The molecule has 0 rings (SSSR count). The van der Waals surface area contributed by atoms with Gasteiger partial charge >= 0.3 is 0 Å². The largest absolute Gasteiger partial charge is 0.408 e. The second-order valence-corrected chi connectivity index (χ2v) is 2.04. The normalized spacial score (nSPS) is 12.8. The van der Waals surface area contributed by atoms with Gasteiger partial charge in [-0.2, -0.15) is 5.26 Å². The number of ether oxygens (including phenoxy) is 1. The molecular weight excluding hydrogens is 116 g/mol. The fourth-order valence-corrected chi connectivity index (χ4v) is 0.615. The van der Waals surface area contributed by atoms with Crippen LogP contribution in [0.2, 0.25) is 0 Å². The average Bonchev–Trinajstić information content (AvgIpc) is 1.82. The van der Waals surface area contributed by atoms with E-state index in [1.807, 2.05) is 25.9 Å². The Bertz CT molecular complexity index is 106. The highest BCUT2D eigenvalue weighted by molar-refractivity contribution is 4.57. The Morgan fingerprint density at radius 1 is 1.67 bits per heavy atom. The Hall–Kier alpha value is -0.750. The van der Waals surface area contributed by atoms with Gasteiger partial charge in [-0.1, -0.05) is 6.92 Å². The molecule has 0 fully saturated rings. The average molecular weight is 128 g/mol. The zero-order valence-electron chi connectivity index (χ0n) is 6.09. The first-order chi connectivity index (χ1) is 4.22. The number of rotatable bonds is 3. The fourth-order valence-electron chi connectivity index (χ4n) is 0.615. The van der Waals surface area contributed by atoms with Crippen molar-refractivity contribution in [3.63, 3.8) is 0 Å². The van der Waals surface area contributed by atoms with E-state index >= 15 is 0 Å². The molecule has 0 spiro atoms. The maximum absolute atomic E-state index is 8.12. The van der Waals surface area contributed by atoms with Crippen molar-refractivity contribution in [2.75, 3.05) is 14.1 Å². The Morgan fingerprint density at radius 3 is 2.33 bits per heavy atom. The molecule has 0 radical (unpaired) electrons. The molecule has 0 aliphatic rings. The van der Waals surface area contributed by atoms with E-state index in [0.29, 0.717) is 0 Å². The maximum Gasteiger partial charge on any atom is 0.287 e. The smallest absolute Gasteiger partial charge is 0.287 e. The molecule has 0 aromatic heterocycles. The molecule has 0 saturated heterocycles. The van der Waals surface area contributed by atoms with Gasteiger partial charge in [0.1, 0.15) is 0 Å². The van der Waals surface area contributed by atoms with E-state index in [9.17, 15) is 0 Å². The second kappa shape index (κ2) is 4.16. The Labute approximate surface area is 55.8 Å². The lowest BCUT2D eigenvalue weighted by molar-refractivity contribution is 0.0329. The second-order valence-electron chi connectivity index (χ2n) is 2.04. The molecule has 0 bridgehead atoms. The lowest BCUT2D eigenvalue weighted by Gasteiger charge is -2.18. The molecular formula is C6H12N2O. The van der Waals surface area contributed by atoms with E-state index in [4.69, 9.17) is 5.26 Å². The van der Waals surface area contributed by atoms with Crippen molar-refractivity contribution >= 4 is 0 Å². The monoisotopic (exact) mass is 128 g/mol. The first-order valence-corrected chi connectivity index (χ1v) is 2.93. The molecule has 1 atom stereocenters. The molecule has 3 heteroatoms. The van der Waals surface area contributed by atoms with Crippen LogP contribution < -0.4 is 0 Å². The van der Waals surface area contributed by atoms with Crippen molar-refractivity contribution in [2.24, 2.45) is 0 Å². The van der Waals surface area contributed by atoms with Gasteiger partial charge < -0.3 is 4.74 Å². The Kier molecular flexibility index (Phi) is 3.81. The summed E-state index contributed by atoms with van der Waals surface area (Å²) in [5.41, 5.74) is 0. The van der Waals surface area contributed by atoms with Crippen LogP contribution in [0.5, 0.6) is 0 Å². The van der Waals surface area contributed by atoms with Crippen molar-refractivity contribution in [3.05, 3.63) is 0 Å². The molecule has 0 aliphatic heterocycles. The third-order valence-corrected chi connectivity index (χ3v) is 1.11. The molecule has 1 unspecified atom stereocenters. The summed E-state index contributed by atoms with van der Waals surface area (Å²) >= 11 is 0. The minimum absolute atomic E-state index is 0.0602. The molecule has 0 aromatic rings. The lowest BCUT2D eigenvalue weighted by Crippen LogP contribution is -2.28. The molecule has 0 saturated carbocycles. The van der Waals surface area contributed by atoms with Gasteiger partial charge in [0.25, 0.3) is 6.26 Å². The van der Waals surface area contributed by atoms with Gasteiger partial charge in [-0.05, 0) is 20.5 Å². The van der Waals surface area contributed by atoms with E-state index in [1.54, 1.807) is 6.26 Å². The summed E-state index contributed by atoms with van der Waals surface area (Å²) < 4.78 is 4.68. The summed E-state index contributed by atoms with van der Waals surface area (Å²) in [5, 5.41) is 8.12. The quantitative estimate of drug-likeness (QED) is 0.416.